The van der Waals surface area contributed by atoms with Crippen LogP contribution in [0.5, 0.6) is 0 Å². The Morgan fingerprint density at radius 3 is 2.63 bits per heavy atom. The molecule has 156 valence electrons. The quantitative estimate of drug-likeness (QED) is 0.613. The molecular weight excluding hydrogens is 425 g/mol. The molecule has 0 radical (unpaired) electrons. The summed E-state index contributed by atoms with van der Waals surface area (Å²) in [6.07, 6.45) is -1.17. The average molecular weight is 438 g/mol. The largest absolute Gasteiger partial charge is 0.433 e. The number of fused-ring (bicyclic) bond motifs is 1. The van der Waals surface area contributed by atoms with Crippen molar-refractivity contribution in [2.75, 3.05) is 10.7 Å². The van der Waals surface area contributed by atoms with Crippen molar-refractivity contribution in [1.29, 1.82) is 0 Å². The Kier molecular flexibility index (Phi) is 4.56. The molecule has 0 spiro atoms. The molecule has 0 aliphatic carbocycles. The lowest BCUT2D eigenvalue weighted by Crippen LogP contribution is -2.27. The van der Waals surface area contributed by atoms with E-state index in [-0.39, 0.29) is 40.0 Å². The maximum absolute atomic E-state index is 13.0. The fourth-order valence-electron chi connectivity index (χ4n) is 2.99. The highest BCUT2D eigenvalue weighted by Crippen LogP contribution is 2.35. The minimum atomic E-state index is -4.72. The van der Waals surface area contributed by atoms with E-state index in [9.17, 15) is 26.4 Å². The number of hydrogen-bond acceptors (Lipinski definition) is 7. The maximum Gasteiger partial charge on any atom is 0.433 e. The molecule has 4 rings (SSSR count). The molecule has 1 aliphatic rings. The van der Waals surface area contributed by atoms with Gasteiger partial charge in [-0.05, 0) is 18.2 Å². The lowest BCUT2D eigenvalue weighted by molar-refractivity contribution is -0.141. The summed E-state index contributed by atoms with van der Waals surface area (Å²) >= 11 is 0. The smallest absolute Gasteiger partial charge is 0.287 e. The Labute approximate surface area is 168 Å². The summed E-state index contributed by atoms with van der Waals surface area (Å²) in [5, 5.41) is 3.92. The number of halogens is 3. The van der Waals surface area contributed by atoms with E-state index in [0.717, 1.165) is 11.1 Å². The Hall–Kier alpha value is -3.35. The van der Waals surface area contributed by atoms with Crippen molar-refractivity contribution in [3.63, 3.8) is 0 Å². The van der Waals surface area contributed by atoms with E-state index in [1.165, 1.54) is 36.4 Å². The minimum Gasteiger partial charge on any atom is -0.287 e. The summed E-state index contributed by atoms with van der Waals surface area (Å²) in [6.45, 7) is 1.27. The average Bonchev–Trinajstić information content (AvgIpc) is 3.35. The highest BCUT2D eigenvalue weighted by atomic mass is 32.2. The number of alkyl halides is 3. The van der Waals surface area contributed by atoms with Crippen molar-refractivity contribution < 1.29 is 26.4 Å². The van der Waals surface area contributed by atoms with Gasteiger partial charge in [-0.1, -0.05) is 6.92 Å². The first-order chi connectivity index (χ1) is 14.1. The SMILES string of the molecule is CCS(=O)(=O)c1ccc(-n2cncn2)nc1N1Cc2cnc(C(F)(F)F)cc2C1=O. The van der Waals surface area contributed by atoms with Gasteiger partial charge in [-0.2, -0.15) is 18.3 Å². The first kappa shape index (κ1) is 19.9. The highest BCUT2D eigenvalue weighted by Gasteiger charge is 2.38. The summed E-state index contributed by atoms with van der Waals surface area (Å²) in [5.41, 5.74) is -1.17. The van der Waals surface area contributed by atoms with E-state index in [1.54, 1.807) is 0 Å². The van der Waals surface area contributed by atoms with Gasteiger partial charge in [-0.15, -0.1) is 0 Å². The van der Waals surface area contributed by atoms with Crippen LogP contribution in [0.4, 0.5) is 19.0 Å². The third-order valence-corrected chi connectivity index (χ3v) is 6.28. The molecule has 1 amide bonds. The zero-order valence-corrected chi connectivity index (χ0v) is 16.1. The van der Waals surface area contributed by atoms with Gasteiger partial charge in [0, 0.05) is 17.3 Å². The third kappa shape index (κ3) is 3.30. The number of amides is 1. The lowest BCUT2D eigenvalue weighted by Gasteiger charge is -2.19. The van der Waals surface area contributed by atoms with Gasteiger partial charge in [0.2, 0.25) is 0 Å². The maximum atomic E-state index is 13.0. The molecule has 0 saturated heterocycles. The van der Waals surface area contributed by atoms with Crippen LogP contribution >= 0.6 is 0 Å². The second-order valence-electron chi connectivity index (χ2n) is 6.35. The normalized spacial score (nSPS) is 14.3. The first-order valence-electron chi connectivity index (χ1n) is 8.58. The van der Waals surface area contributed by atoms with Crippen LogP contribution in [-0.4, -0.2) is 44.8 Å². The van der Waals surface area contributed by atoms with Gasteiger partial charge in [0.1, 0.15) is 23.2 Å². The van der Waals surface area contributed by atoms with E-state index in [1.807, 2.05) is 0 Å². The summed E-state index contributed by atoms with van der Waals surface area (Å²) in [6, 6.07) is 3.35. The van der Waals surface area contributed by atoms with Crippen LogP contribution in [-0.2, 0) is 22.6 Å². The van der Waals surface area contributed by atoms with Gasteiger partial charge in [-0.3, -0.25) is 14.7 Å². The van der Waals surface area contributed by atoms with Crippen molar-refractivity contribution in [3.05, 3.63) is 53.9 Å². The number of pyridine rings is 2. The molecule has 4 heterocycles. The molecule has 0 unspecified atom stereocenters. The van der Waals surface area contributed by atoms with Gasteiger partial charge in [0.05, 0.1) is 12.3 Å². The third-order valence-electron chi connectivity index (χ3n) is 4.53. The summed E-state index contributed by atoms with van der Waals surface area (Å²) in [7, 11) is -3.79. The molecule has 0 saturated carbocycles. The number of sulfone groups is 1. The van der Waals surface area contributed by atoms with E-state index in [4.69, 9.17) is 0 Å². The molecule has 30 heavy (non-hydrogen) atoms. The van der Waals surface area contributed by atoms with E-state index >= 15 is 0 Å². The molecule has 9 nitrogen and oxygen atoms in total. The molecule has 0 bridgehead atoms. The second-order valence-corrected chi connectivity index (χ2v) is 8.60. The molecular formula is C17H13F3N6O3S. The van der Waals surface area contributed by atoms with Crippen molar-refractivity contribution in [1.82, 2.24) is 24.7 Å². The van der Waals surface area contributed by atoms with Crippen LogP contribution in [0, 0.1) is 0 Å². The number of hydrogen-bond donors (Lipinski definition) is 0. The zero-order chi connectivity index (χ0) is 21.7. The van der Waals surface area contributed by atoms with Crippen LogP contribution in [0.15, 0.2) is 41.9 Å². The predicted molar refractivity (Wildman–Crippen MR) is 96.6 cm³/mol. The summed E-state index contributed by atoms with van der Waals surface area (Å²) < 4.78 is 65.4. The number of aromatic nitrogens is 5. The zero-order valence-electron chi connectivity index (χ0n) is 15.3. The Balaban J connectivity index is 1.84. The summed E-state index contributed by atoms with van der Waals surface area (Å²) in [4.78, 5) is 25.1. The fraction of sp³-hybridized carbons (Fsp3) is 0.235. The van der Waals surface area contributed by atoms with Gasteiger partial charge in [0.15, 0.2) is 21.5 Å². The molecule has 0 atom stereocenters. The number of rotatable bonds is 4. The molecule has 1 aliphatic heterocycles. The second kappa shape index (κ2) is 6.86. The molecule has 0 fully saturated rings. The van der Waals surface area contributed by atoms with Crippen molar-refractivity contribution in [2.45, 2.75) is 24.5 Å². The van der Waals surface area contributed by atoms with E-state index in [0.29, 0.717) is 6.07 Å². The Morgan fingerprint density at radius 2 is 2.00 bits per heavy atom. The van der Waals surface area contributed by atoms with Crippen molar-refractivity contribution in [3.8, 4) is 5.82 Å². The van der Waals surface area contributed by atoms with Crippen LogP contribution in [0.25, 0.3) is 5.82 Å². The van der Waals surface area contributed by atoms with Crippen LogP contribution in [0.1, 0.15) is 28.5 Å². The highest BCUT2D eigenvalue weighted by molar-refractivity contribution is 7.91. The molecule has 13 heteroatoms. The number of nitrogens with zero attached hydrogens (tertiary/aromatic N) is 6. The molecule has 3 aromatic rings. The Bertz CT molecular complexity index is 1240. The molecule has 3 aromatic heterocycles. The topological polar surface area (TPSA) is 111 Å². The number of carbonyl (C=O) groups is 1. The van der Waals surface area contributed by atoms with Crippen LogP contribution in [0.3, 0.4) is 0 Å². The first-order valence-corrected chi connectivity index (χ1v) is 10.2. The Morgan fingerprint density at radius 1 is 1.23 bits per heavy atom. The van der Waals surface area contributed by atoms with Crippen molar-refractivity contribution >= 4 is 21.6 Å². The fourth-order valence-corrected chi connectivity index (χ4v) is 4.01. The van der Waals surface area contributed by atoms with Crippen LogP contribution < -0.4 is 4.90 Å². The molecule has 0 N–H and O–H groups in total. The van der Waals surface area contributed by atoms with Gasteiger partial charge >= 0.3 is 6.18 Å². The predicted octanol–water partition coefficient (Wildman–Crippen LogP) is 2.03. The number of anilines is 1. The van der Waals surface area contributed by atoms with Crippen LogP contribution in [0.2, 0.25) is 0 Å². The van der Waals surface area contributed by atoms with E-state index < -0.39 is 27.6 Å². The molecule has 0 aromatic carbocycles. The minimum absolute atomic E-state index is 0.167. The lowest BCUT2D eigenvalue weighted by atomic mass is 10.1. The standard InChI is InChI=1S/C17H13F3N6O3S/c1-2-30(28,29)12-3-4-14(26-9-21-8-23-26)24-15(12)25-7-10-6-22-13(17(18,19)20)5-11(10)16(25)27/h3-6,8-9H,2,7H2,1H3. The van der Waals surface area contributed by atoms with Gasteiger partial charge < -0.3 is 0 Å². The van der Waals surface area contributed by atoms with Gasteiger partial charge in [-0.25, -0.2) is 23.1 Å². The summed E-state index contributed by atoms with van der Waals surface area (Å²) in [5.74, 6) is -1.05. The monoisotopic (exact) mass is 438 g/mol. The van der Waals surface area contributed by atoms with E-state index in [2.05, 4.69) is 20.1 Å². The van der Waals surface area contributed by atoms with Gasteiger partial charge in [0.25, 0.3) is 5.91 Å². The number of carbonyl (C=O) groups excluding carboxylic acids is 1. The van der Waals surface area contributed by atoms with Crippen molar-refractivity contribution in [2.24, 2.45) is 0 Å².